The molecule has 0 saturated heterocycles. The van der Waals surface area contributed by atoms with Crippen LogP contribution in [0.25, 0.3) is 0 Å². The molecule has 2 aromatic carbocycles. The molecule has 0 bridgehead atoms. The second-order valence-corrected chi connectivity index (χ2v) is 8.73. The number of hydrogen-bond acceptors (Lipinski definition) is 5. The fourth-order valence-electron chi connectivity index (χ4n) is 4.00. The van der Waals surface area contributed by atoms with Gasteiger partial charge in [0.2, 0.25) is 0 Å². The van der Waals surface area contributed by atoms with Gasteiger partial charge in [0.25, 0.3) is 11.8 Å². The molecule has 0 saturated carbocycles. The third-order valence-corrected chi connectivity index (χ3v) is 5.99. The van der Waals surface area contributed by atoms with E-state index in [1.54, 1.807) is 23.3 Å². The highest BCUT2D eigenvalue weighted by Crippen LogP contribution is 2.22. The fraction of sp³-hybridized carbons (Fsp3) is 0.286. The van der Waals surface area contributed by atoms with Crippen molar-refractivity contribution in [2.75, 3.05) is 13.2 Å². The SMILES string of the molecule is CCn1nc(C)cc1C(=O)NCCOc1cccc(Cn2cnc(C(=O)NCc3ccccc3)c2)c1C. The van der Waals surface area contributed by atoms with Crippen molar-refractivity contribution < 1.29 is 14.3 Å². The van der Waals surface area contributed by atoms with E-state index in [1.807, 2.05) is 73.9 Å². The minimum absolute atomic E-state index is 0.166. The topological polar surface area (TPSA) is 103 Å². The summed E-state index contributed by atoms with van der Waals surface area (Å²) in [6.07, 6.45) is 3.40. The molecule has 2 aromatic heterocycles. The molecule has 0 atom stereocenters. The van der Waals surface area contributed by atoms with Gasteiger partial charge in [0, 0.05) is 25.8 Å². The highest BCUT2D eigenvalue weighted by Gasteiger charge is 2.13. The molecule has 0 aliphatic heterocycles. The molecular formula is C28H32N6O3. The average Bonchev–Trinajstić information content (AvgIpc) is 3.54. The van der Waals surface area contributed by atoms with Crippen LogP contribution in [0.4, 0.5) is 0 Å². The Labute approximate surface area is 216 Å². The molecule has 192 valence electrons. The Bertz CT molecular complexity index is 1360. The maximum atomic E-state index is 12.5. The van der Waals surface area contributed by atoms with Crippen molar-refractivity contribution in [3.63, 3.8) is 0 Å². The lowest BCUT2D eigenvalue weighted by molar-refractivity contribution is 0.0932. The number of imidazole rings is 1. The molecule has 4 rings (SSSR count). The monoisotopic (exact) mass is 500 g/mol. The van der Waals surface area contributed by atoms with E-state index in [1.165, 1.54) is 0 Å². The molecule has 0 spiro atoms. The van der Waals surface area contributed by atoms with E-state index in [4.69, 9.17) is 4.74 Å². The van der Waals surface area contributed by atoms with Gasteiger partial charge < -0.3 is 19.9 Å². The van der Waals surface area contributed by atoms with Gasteiger partial charge in [-0.1, -0.05) is 42.5 Å². The maximum Gasteiger partial charge on any atom is 0.271 e. The van der Waals surface area contributed by atoms with E-state index in [2.05, 4.69) is 20.7 Å². The molecule has 4 aromatic rings. The molecule has 0 aliphatic carbocycles. The Morgan fingerprint density at radius 1 is 1.00 bits per heavy atom. The zero-order chi connectivity index (χ0) is 26.2. The molecule has 0 unspecified atom stereocenters. The van der Waals surface area contributed by atoms with Gasteiger partial charge in [-0.3, -0.25) is 14.3 Å². The van der Waals surface area contributed by atoms with E-state index in [0.717, 1.165) is 28.1 Å². The molecule has 37 heavy (non-hydrogen) atoms. The number of nitrogens with one attached hydrogen (secondary N) is 2. The Balaban J connectivity index is 1.29. The minimum atomic E-state index is -0.212. The van der Waals surface area contributed by atoms with Crippen molar-refractivity contribution in [1.82, 2.24) is 30.0 Å². The quantitative estimate of drug-likeness (QED) is 0.307. The number of ether oxygens (including phenoxy) is 1. The third-order valence-electron chi connectivity index (χ3n) is 5.99. The highest BCUT2D eigenvalue weighted by atomic mass is 16.5. The number of rotatable bonds is 11. The Morgan fingerprint density at radius 3 is 2.59 bits per heavy atom. The van der Waals surface area contributed by atoms with Gasteiger partial charge in [0.1, 0.15) is 23.7 Å². The van der Waals surface area contributed by atoms with Crippen molar-refractivity contribution in [1.29, 1.82) is 0 Å². The second-order valence-electron chi connectivity index (χ2n) is 8.73. The zero-order valence-corrected chi connectivity index (χ0v) is 21.4. The number of aryl methyl sites for hydroxylation is 2. The maximum absolute atomic E-state index is 12.5. The summed E-state index contributed by atoms with van der Waals surface area (Å²) in [6.45, 7) is 8.17. The van der Waals surface area contributed by atoms with Gasteiger partial charge in [0.05, 0.1) is 18.6 Å². The third kappa shape index (κ3) is 6.63. The Morgan fingerprint density at radius 2 is 1.81 bits per heavy atom. The van der Waals surface area contributed by atoms with Crippen LogP contribution in [-0.4, -0.2) is 44.3 Å². The average molecular weight is 501 g/mol. The van der Waals surface area contributed by atoms with Gasteiger partial charge in [-0.05, 0) is 49.6 Å². The van der Waals surface area contributed by atoms with E-state index in [0.29, 0.717) is 44.2 Å². The van der Waals surface area contributed by atoms with Gasteiger partial charge in [0.15, 0.2) is 0 Å². The summed E-state index contributed by atoms with van der Waals surface area (Å²) in [4.78, 5) is 29.2. The predicted octanol–water partition coefficient (Wildman–Crippen LogP) is 3.50. The lowest BCUT2D eigenvalue weighted by Gasteiger charge is -2.13. The summed E-state index contributed by atoms with van der Waals surface area (Å²) >= 11 is 0. The van der Waals surface area contributed by atoms with Crippen molar-refractivity contribution in [3.05, 3.63) is 101 Å². The van der Waals surface area contributed by atoms with Crippen LogP contribution in [0.1, 0.15) is 50.3 Å². The fourth-order valence-corrected chi connectivity index (χ4v) is 4.00. The summed E-state index contributed by atoms with van der Waals surface area (Å²) in [6, 6.07) is 17.4. The van der Waals surface area contributed by atoms with Gasteiger partial charge in [-0.25, -0.2) is 4.98 Å². The lowest BCUT2D eigenvalue weighted by atomic mass is 10.1. The first kappa shape index (κ1) is 25.7. The number of carbonyl (C=O) groups excluding carboxylic acids is 2. The first-order chi connectivity index (χ1) is 17.9. The van der Waals surface area contributed by atoms with Crippen molar-refractivity contribution in [2.24, 2.45) is 0 Å². The first-order valence-corrected chi connectivity index (χ1v) is 12.3. The van der Waals surface area contributed by atoms with Crippen LogP contribution in [0.3, 0.4) is 0 Å². The summed E-state index contributed by atoms with van der Waals surface area (Å²) in [5.74, 6) is 0.373. The van der Waals surface area contributed by atoms with Crippen molar-refractivity contribution in [3.8, 4) is 5.75 Å². The van der Waals surface area contributed by atoms with Crippen LogP contribution >= 0.6 is 0 Å². The Hall–Kier alpha value is -4.40. The van der Waals surface area contributed by atoms with Gasteiger partial charge in [-0.15, -0.1) is 0 Å². The Kier molecular flexibility index (Phi) is 8.35. The predicted molar refractivity (Wildman–Crippen MR) is 141 cm³/mol. The number of benzene rings is 2. The van der Waals surface area contributed by atoms with Crippen molar-refractivity contribution >= 4 is 11.8 Å². The number of amides is 2. The number of aromatic nitrogens is 4. The summed E-state index contributed by atoms with van der Waals surface area (Å²) in [7, 11) is 0. The van der Waals surface area contributed by atoms with Crippen LogP contribution in [0.5, 0.6) is 5.75 Å². The van der Waals surface area contributed by atoms with Crippen LogP contribution in [0.2, 0.25) is 0 Å². The van der Waals surface area contributed by atoms with Crippen LogP contribution in [0.15, 0.2) is 67.1 Å². The number of nitrogens with zero attached hydrogens (tertiary/aromatic N) is 4. The molecule has 0 aliphatic rings. The van der Waals surface area contributed by atoms with Crippen molar-refractivity contribution in [2.45, 2.75) is 40.4 Å². The van der Waals surface area contributed by atoms with E-state index in [9.17, 15) is 9.59 Å². The van der Waals surface area contributed by atoms with E-state index >= 15 is 0 Å². The molecule has 2 heterocycles. The standard InChI is InChI=1S/C28H32N6O3/c1-4-34-25(15-20(2)32-34)28(36)29-13-14-37-26-12-8-11-23(21(26)3)17-33-18-24(31-19-33)27(35)30-16-22-9-6-5-7-10-22/h5-12,15,18-19H,4,13-14,16-17H2,1-3H3,(H,29,36)(H,30,35). The van der Waals surface area contributed by atoms with Crippen LogP contribution < -0.4 is 15.4 Å². The second kappa shape index (κ2) is 12.0. The molecule has 9 nitrogen and oxygen atoms in total. The van der Waals surface area contributed by atoms with E-state index in [-0.39, 0.29) is 11.8 Å². The highest BCUT2D eigenvalue weighted by molar-refractivity contribution is 5.92. The van der Waals surface area contributed by atoms with Crippen LogP contribution in [0, 0.1) is 13.8 Å². The zero-order valence-electron chi connectivity index (χ0n) is 21.4. The minimum Gasteiger partial charge on any atom is -0.491 e. The molecule has 2 amide bonds. The van der Waals surface area contributed by atoms with Crippen LogP contribution in [-0.2, 0) is 19.6 Å². The van der Waals surface area contributed by atoms with Gasteiger partial charge >= 0.3 is 0 Å². The smallest absolute Gasteiger partial charge is 0.271 e. The van der Waals surface area contributed by atoms with E-state index < -0.39 is 0 Å². The summed E-state index contributed by atoms with van der Waals surface area (Å²) in [5, 5.41) is 10.1. The molecule has 0 radical (unpaired) electrons. The molecule has 9 heteroatoms. The van der Waals surface area contributed by atoms with Gasteiger partial charge in [-0.2, -0.15) is 5.10 Å². The first-order valence-electron chi connectivity index (χ1n) is 12.3. The summed E-state index contributed by atoms with van der Waals surface area (Å²) < 4.78 is 9.52. The summed E-state index contributed by atoms with van der Waals surface area (Å²) in [5.41, 5.74) is 4.82. The molecular weight excluding hydrogens is 468 g/mol. The lowest BCUT2D eigenvalue weighted by Crippen LogP contribution is -2.30. The number of carbonyl (C=O) groups is 2. The largest absolute Gasteiger partial charge is 0.491 e. The molecule has 2 N–H and O–H groups in total. The molecule has 0 fully saturated rings. The number of hydrogen-bond donors (Lipinski definition) is 2. The normalized spacial score (nSPS) is 10.8.